The molecule has 64 valence electrons. The highest BCUT2D eigenvalue weighted by molar-refractivity contribution is 5.87. The summed E-state index contributed by atoms with van der Waals surface area (Å²) in [5.41, 5.74) is 6.36. The van der Waals surface area contributed by atoms with Gasteiger partial charge >= 0.3 is 0 Å². The lowest BCUT2D eigenvalue weighted by atomic mass is 10.3. The molecule has 0 spiro atoms. The van der Waals surface area contributed by atoms with Gasteiger partial charge in [-0.2, -0.15) is 0 Å². The van der Waals surface area contributed by atoms with Crippen molar-refractivity contribution >= 4 is 11.8 Å². The van der Waals surface area contributed by atoms with Crippen LogP contribution in [0.4, 0.5) is 0 Å². The van der Waals surface area contributed by atoms with Crippen molar-refractivity contribution in [1.29, 1.82) is 0 Å². The number of carbonyl (C=O) groups excluding carboxylic acids is 2. The topological polar surface area (TPSA) is 104 Å². The van der Waals surface area contributed by atoms with E-state index in [9.17, 15) is 9.59 Å². The molecular weight excluding hydrogens is 150 g/mol. The maximum atomic E-state index is 10.5. The summed E-state index contributed by atoms with van der Waals surface area (Å²) < 4.78 is 0. The van der Waals surface area contributed by atoms with Crippen LogP contribution in [0.25, 0.3) is 0 Å². The van der Waals surface area contributed by atoms with Gasteiger partial charge in [-0.3, -0.25) is 14.8 Å². The predicted molar refractivity (Wildman–Crippen MR) is 36.6 cm³/mol. The summed E-state index contributed by atoms with van der Waals surface area (Å²) in [7, 11) is 0. The van der Waals surface area contributed by atoms with E-state index < -0.39 is 17.9 Å². The van der Waals surface area contributed by atoms with Crippen LogP contribution in [-0.4, -0.2) is 29.6 Å². The number of carbonyl (C=O) groups is 2. The Labute approximate surface area is 63.7 Å². The zero-order chi connectivity index (χ0) is 8.85. The average Bonchev–Trinajstić information content (AvgIpc) is 2.02. The molecule has 6 heteroatoms. The van der Waals surface area contributed by atoms with Crippen LogP contribution in [-0.2, 0) is 9.59 Å². The Kier molecular flexibility index (Phi) is 4.16. The van der Waals surface area contributed by atoms with E-state index in [0.717, 1.165) is 0 Å². The van der Waals surface area contributed by atoms with Gasteiger partial charge in [0.2, 0.25) is 5.91 Å². The first-order valence-corrected chi connectivity index (χ1v) is 3.05. The first-order chi connectivity index (χ1) is 5.11. The standard InChI is InChI=1S/C5H11N3O3/c1-3(5(10)8-11)7-4(9)2-6/h3,11H,2,6H2,1H3,(H,7,9)(H,8,10). The van der Waals surface area contributed by atoms with E-state index in [1.165, 1.54) is 12.4 Å². The fourth-order valence-electron chi connectivity index (χ4n) is 0.463. The molecule has 0 aromatic carbocycles. The van der Waals surface area contributed by atoms with Crippen molar-refractivity contribution in [3.63, 3.8) is 0 Å². The summed E-state index contributed by atoms with van der Waals surface area (Å²) in [6.07, 6.45) is 0. The van der Waals surface area contributed by atoms with Gasteiger partial charge in [-0.05, 0) is 6.92 Å². The first-order valence-electron chi connectivity index (χ1n) is 3.05. The maximum absolute atomic E-state index is 10.5. The normalized spacial score (nSPS) is 11.9. The van der Waals surface area contributed by atoms with Gasteiger partial charge in [0.15, 0.2) is 0 Å². The van der Waals surface area contributed by atoms with Crippen molar-refractivity contribution < 1.29 is 14.8 Å². The zero-order valence-electron chi connectivity index (χ0n) is 6.13. The molecule has 0 aliphatic carbocycles. The molecule has 0 saturated heterocycles. The van der Waals surface area contributed by atoms with E-state index in [2.05, 4.69) is 5.32 Å². The van der Waals surface area contributed by atoms with Crippen LogP contribution in [0.2, 0.25) is 0 Å². The number of nitrogens with two attached hydrogens (primary N) is 1. The van der Waals surface area contributed by atoms with Crippen molar-refractivity contribution in [2.75, 3.05) is 6.54 Å². The molecule has 0 bridgehead atoms. The minimum absolute atomic E-state index is 0.178. The molecule has 1 atom stereocenters. The van der Waals surface area contributed by atoms with Crippen LogP contribution >= 0.6 is 0 Å². The second-order valence-electron chi connectivity index (χ2n) is 1.97. The monoisotopic (exact) mass is 161 g/mol. The fraction of sp³-hybridized carbons (Fsp3) is 0.600. The predicted octanol–water partition coefficient (Wildman–Crippen LogP) is -2.04. The lowest BCUT2D eigenvalue weighted by Crippen LogP contribution is -2.45. The van der Waals surface area contributed by atoms with E-state index in [1.807, 2.05) is 0 Å². The van der Waals surface area contributed by atoms with Crippen molar-refractivity contribution in [2.24, 2.45) is 5.73 Å². The number of rotatable bonds is 3. The molecule has 0 rings (SSSR count). The van der Waals surface area contributed by atoms with Gasteiger partial charge < -0.3 is 11.1 Å². The minimum Gasteiger partial charge on any atom is -0.343 e. The fourth-order valence-corrected chi connectivity index (χ4v) is 0.463. The van der Waals surface area contributed by atoms with Gasteiger partial charge in [0.25, 0.3) is 5.91 Å². The van der Waals surface area contributed by atoms with Crippen LogP contribution < -0.4 is 16.5 Å². The number of hydroxylamine groups is 1. The largest absolute Gasteiger partial charge is 0.343 e. The summed E-state index contributed by atoms with van der Waals surface area (Å²) in [4.78, 5) is 21.1. The average molecular weight is 161 g/mol. The molecule has 6 nitrogen and oxygen atoms in total. The Morgan fingerprint density at radius 1 is 1.64 bits per heavy atom. The van der Waals surface area contributed by atoms with Gasteiger partial charge in [-0.1, -0.05) is 0 Å². The number of hydrogen-bond acceptors (Lipinski definition) is 4. The molecule has 0 heterocycles. The second-order valence-corrected chi connectivity index (χ2v) is 1.97. The van der Waals surface area contributed by atoms with Crippen molar-refractivity contribution in [3.8, 4) is 0 Å². The summed E-state index contributed by atoms with van der Waals surface area (Å²) in [5.74, 6) is -1.12. The molecule has 0 fully saturated rings. The molecule has 0 aromatic heterocycles. The van der Waals surface area contributed by atoms with E-state index in [-0.39, 0.29) is 6.54 Å². The third kappa shape index (κ3) is 3.54. The number of amides is 2. The van der Waals surface area contributed by atoms with E-state index >= 15 is 0 Å². The van der Waals surface area contributed by atoms with Crippen molar-refractivity contribution in [2.45, 2.75) is 13.0 Å². The molecule has 0 radical (unpaired) electrons. The SMILES string of the molecule is CC(NC(=O)CN)C(=O)NO. The summed E-state index contributed by atoms with van der Waals surface area (Å²) in [6.45, 7) is 1.25. The molecule has 0 aliphatic rings. The van der Waals surface area contributed by atoms with Crippen LogP contribution in [0, 0.1) is 0 Å². The van der Waals surface area contributed by atoms with Gasteiger partial charge in [0, 0.05) is 0 Å². The van der Waals surface area contributed by atoms with Gasteiger partial charge in [0.05, 0.1) is 6.54 Å². The molecule has 0 aliphatic heterocycles. The summed E-state index contributed by atoms with van der Waals surface area (Å²) in [6, 6.07) is -0.768. The lowest BCUT2D eigenvalue weighted by Gasteiger charge is -2.09. The van der Waals surface area contributed by atoms with Crippen molar-refractivity contribution in [1.82, 2.24) is 10.8 Å². The van der Waals surface area contributed by atoms with Crippen LogP contribution in [0.15, 0.2) is 0 Å². The van der Waals surface area contributed by atoms with Crippen molar-refractivity contribution in [3.05, 3.63) is 0 Å². The van der Waals surface area contributed by atoms with Gasteiger partial charge in [0.1, 0.15) is 6.04 Å². The first kappa shape index (κ1) is 9.86. The summed E-state index contributed by atoms with van der Waals surface area (Å²) >= 11 is 0. The van der Waals surface area contributed by atoms with Crippen LogP contribution in [0.1, 0.15) is 6.92 Å². The molecule has 0 aromatic rings. The second kappa shape index (κ2) is 4.64. The third-order valence-corrected chi connectivity index (χ3v) is 1.07. The Morgan fingerprint density at radius 3 is 2.55 bits per heavy atom. The minimum atomic E-state index is -0.768. The molecule has 2 amide bonds. The van der Waals surface area contributed by atoms with E-state index in [0.29, 0.717) is 0 Å². The zero-order valence-corrected chi connectivity index (χ0v) is 6.13. The molecule has 0 saturated carbocycles. The number of nitrogens with one attached hydrogen (secondary N) is 2. The van der Waals surface area contributed by atoms with Gasteiger partial charge in [-0.25, -0.2) is 5.48 Å². The highest BCUT2D eigenvalue weighted by Crippen LogP contribution is 1.79. The third-order valence-electron chi connectivity index (χ3n) is 1.07. The lowest BCUT2D eigenvalue weighted by molar-refractivity contribution is -0.133. The number of hydrogen-bond donors (Lipinski definition) is 4. The van der Waals surface area contributed by atoms with Crippen LogP contribution in [0.5, 0.6) is 0 Å². The smallest absolute Gasteiger partial charge is 0.265 e. The molecular formula is C5H11N3O3. The Hall–Kier alpha value is -1.14. The molecule has 5 N–H and O–H groups in total. The molecule has 11 heavy (non-hydrogen) atoms. The van der Waals surface area contributed by atoms with E-state index in [1.54, 1.807) is 0 Å². The highest BCUT2D eigenvalue weighted by Gasteiger charge is 2.12. The van der Waals surface area contributed by atoms with E-state index in [4.69, 9.17) is 10.9 Å². The maximum Gasteiger partial charge on any atom is 0.265 e. The molecule has 1 unspecified atom stereocenters. The Balaban J connectivity index is 3.77. The Morgan fingerprint density at radius 2 is 2.18 bits per heavy atom. The van der Waals surface area contributed by atoms with Crippen LogP contribution in [0.3, 0.4) is 0 Å². The highest BCUT2D eigenvalue weighted by atomic mass is 16.5. The Bertz CT molecular complexity index is 159. The van der Waals surface area contributed by atoms with Gasteiger partial charge in [-0.15, -0.1) is 0 Å². The summed E-state index contributed by atoms with van der Waals surface area (Å²) in [5, 5.41) is 10.4. The quantitative estimate of drug-likeness (QED) is 0.282.